The molecule has 130 valence electrons. The molecule has 0 amide bonds. The quantitative estimate of drug-likeness (QED) is 0.593. The molecule has 0 saturated heterocycles. The highest BCUT2D eigenvalue weighted by atomic mass is 32.2. The molecule has 0 spiro atoms. The van der Waals surface area contributed by atoms with E-state index in [0.29, 0.717) is 5.25 Å². The summed E-state index contributed by atoms with van der Waals surface area (Å²) in [5, 5.41) is 0.349. The zero-order valence-electron chi connectivity index (χ0n) is 14.7. The van der Waals surface area contributed by atoms with Crippen molar-refractivity contribution in [2.75, 3.05) is 19.1 Å². The van der Waals surface area contributed by atoms with Crippen LogP contribution in [-0.4, -0.2) is 14.2 Å². The summed E-state index contributed by atoms with van der Waals surface area (Å²) in [4.78, 5) is 3.81. The first-order chi connectivity index (χ1) is 12.8. The summed E-state index contributed by atoms with van der Waals surface area (Å²) in [6, 6.07) is 23.9. The maximum Gasteiger partial charge on any atom is 0.162 e. The molecule has 0 aliphatic carbocycles. The first-order valence-electron chi connectivity index (χ1n) is 8.67. The molecule has 0 fully saturated rings. The van der Waals surface area contributed by atoms with Crippen molar-refractivity contribution >= 4 is 23.1 Å². The third-order valence-corrected chi connectivity index (χ3v) is 6.58. The zero-order valence-corrected chi connectivity index (χ0v) is 15.5. The molecule has 2 atom stereocenters. The van der Waals surface area contributed by atoms with Crippen LogP contribution in [0.3, 0.4) is 0 Å². The Balaban J connectivity index is 1.75. The summed E-state index contributed by atoms with van der Waals surface area (Å²) < 4.78 is 11.2. The van der Waals surface area contributed by atoms with Crippen LogP contribution in [0, 0.1) is 0 Å². The lowest BCUT2D eigenvalue weighted by Crippen LogP contribution is -2.19. The lowest BCUT2D eigenvalue weighted by Gasteiger charge is -2.28. The highest BCUT2D eigenvalue weighted by Gasteiger charge is 2.46. The van der Waals surface area contributed by atoms with Crippen LogP contribution in [0.1, 0.15) is 22.4 Å². The van der Waals surface area contributed by atoms with Gasteiger partial charge in [0.25, 0.3) is 0 Å². The van der Waals surface area contributed by atoms with Crippen LogP contribution < -0.4 is 14.4 Å². The van der Waals surface area contributed by atoms with Gasteiger partial charge in [-0.05, 0) is 35.4 Å². The van der Waals surface area contributed by atoms with Gasteiger partial charge >= 0.3 is 0 Å². The molecule has 2 unspecified atom stereocenters. The zero-order chi connectivity index (χ0) is 17.7. The molecule has 4 heteroatoms. The third kappa shape index (κ3) is 2.15. The van der Waals surface area contributed by atoms with Crippen molar-refractivity contribution in [2.24, 2.45) is 0 Å². The number of methoxy groups -OCH3 is 2. The molecule has 0 radical (unpaired) electrons. The molecule has 0 saturated carbocycles. The summed E-state index contributed by atoms with van der Waals surface area (Å²) in [5.41, 5.74) is 5.09. The number of nitrogens with zero attached hydrogens (tertiary/aromatic N) is 1. The van der Waals surface area contributed by atoms with E-state index in [1.165, 1.54) is 27.4 Å². The minimum absolute atomic E-state index is 0.283. The molecule has 3 aromatic carbocycles. The Kier molecular flexibility index (Phi) is 3.61. The number of hydrogen-bond acceptors (Lipinski definition) is 4. The maximum atomic E-state index is 5.58. The Morgan fingerprint density at radius 1 is 0.808 bits per heavy atom. The highest BCUT2D eigenvalue weighted by molar-refractivity contribution is 8.00. The van der Waals surface area contributed by atoms with Crippen LogP contribution in [0.2, 0.25) is 0 Å². The van der Waals surface area contributed by atoms with Gasteiger partial charge in [-0.3, -0.25) is 0 Å². The van der Waals surface area contributed by atoms with Gasteiger partial charge in [-0.15, -0.1) is 11.8 Å². The smallest absolute Gasteiger partial charge is 0.162 e. The third-order valence-electron chi connectivity index (χ3n) is 5.19. The second-order valence-electron chi connectivity index (χ2n) is 6.49. The van der Waals surface area contributed by atoms with Crippen LogP contribution in [0.25, 0.3) is 0 Å². The van der Waals surface area contributed by atoms with E-state index in [1.54, 1.807) is 14.2 Å². The largest absolute Gasteiger partial charge is 0.493 e. The van der Waals surface area contributed by atoms with Gasteiger partial charge in [0, 0.05) is 16.6 Å². The Morgan fingerprint density at radius 3 is 2.27 bits per heavy atom. The minimum atomic E-state index is 0.283. The summed E-state index contributed by atoms with van der Waals surface area (Å²) in [6.07, 6.45) is 0. The van der Waals surface area contributed by atoms with E-state index in [-0.39, 0.29) is 6.04 Å². The maximum absolute atomic E-state index is 5.58. The van der Waals surface area contributed by atoms with Gasteiger partial charge in [-0.2, -0.15) is 0 Å². The summed E-state index contributed by atoms with van der Waals surface area (Å²) in [5.74, 6) is 1.56. The normalized spacial score (nSPS) is 19.7. The molecular formula is C22H19NO2S. The summed E-state index contributed by atoms with van der Waals surface area (Å²) in [6.45, 7) is 0. The van der Waals surface area contributed by atoms with E-state index in [1.807, 2.05) is 11.8 Å². The molecule has 5 rings (SSSR count). The van der Waals surface area contributed by atoms with Gasteiger partial charge < -0.3 is 14.4 Å². The molecule has 0 N–H and O–H groups in total. The first-order valence-corrected chi connectivity index (χ1v) is 9.55. The van der Waals surface area contributed by atoms with E-state index < -0.39 is 0 Å². The van der Waals surface area contributed by atoms with E-state index in [9.17, 15) is 0 Å². The van der Waals surface area contributed by atoms with Crippen molar-refractivity contribution < 1.29 is 9.47 Å². The van der Waals surface area contributed by atoms with Crippen LogP contribution >= 0.6 is 11.8 Å². The number of fused-ring (bicyclic) bond motifs is 5. The Bertz CT molecular complexity index is 973. The lowest BCUT2D eigenvalue weighted by molar-refractivity contribution is 0.355. The number of rotatable bonds is 3. The molecule has 3 nitrogen and oxygen atoms in total. The molecule has 2 heterocycles. The van der Waals surface area contributed by atoms with Gasteiger partial charge in [-0.1, -0.05) is 36.4 Å². The predicted molar refractivity (Wildman–Crippen MR) is 106 cm³/mol. The van der Waals surface area contributed by atoms with Crippen LogP contribution in [-0.2, 0) is 0 Å². The van der Waals surface area contributed by atoms with E-state index in [0.717, 1.165) is 11.5 Å². The molecule has 3 aromatic rings. The van der Waals surface area contributed by atoms with E-state index in [2.05, 4.69) is 71.6 Å². The summed E-state index contributed by atoms with van der Waals surface area (Å²) in [7, 11) is 3.39. The topological polar surface area (TPSA) is 21.7 Å². The van der Waals surface area contributed by atoms with Gasteiger partial charge in [0.1, 0.15) is 0 Å². The number of benzene rings is 3. The van der Waals surface area contributed by atoms with E-state index in [4.69, 9.17) is 9.47 Å². The number of para-hydroxylation sites is 1. The van der Waals surface area contributed by atoms with Crippen LogP contribution in [0.15, 0.2) is 71.6 Å². The van der Waals surface area contributed by atoms with Gasteiger partial charge in [-0.25, -0.2) is 0 Å². The Labute approximate surface area is 157 Å². The molecule has 0 aromatic heterocycles. The number of hydrogen-bond donors (Lipinski definition) is 0. The average molecular weight is 361 g/mol. The van der Waals surface area contributed by atoms with Gasteiger partial charge in [0.05, 0.1) is 31.2 Å². The SMILES string of the molecule is COc1cc2c(cc1OC)N(c1ccccc1)C1c3ccccc3SC21. The second-order valence-corrected chi connectivity index (χ2v) is 7.68. The number of ether oxygens (including phenoxy) is 2. The highest BCUT2D eigenvalue weighted by Crippen LogP contribution is 2.65. The Hall–Kier alpha value is -2.59. The number of anilines is 2. The van der Waals surface area contributed by atoms with Crippen LogP contribution in [0.5, 0.6) is 11.5 Å². The van der Waals surface area contributed by atoms with Crippen LogP contribution in [0.4, 0.5) is 11.4 Å². The fourth-order valence-electron chi connectivity index (χ4n) is 4.06. The monoisotopic (exact) mass is 361 g/mol. The molecular weight excluding hydrogens is 342 g/mol. The average Bonchev–Trinajstić information content (AvgIpc) is 3.21. The van der Waals surface area contributed by atoms with Gasteiger partial charge in [0.2, 0.25) is 0 Å². The first kappa shape index (κ1) is 15.6. The molecule has 26 heavy (non-hydrogen) atoms. The van der Waals surface area contributed by atoms with Gasteiger partial charge in [0.15, 0.2) is 11.5 Å². The molecule has 2 aliphatic heterocycles. The second kappa shape index (κ2) is 5.99. The van der Waals surface area contributed by atoms with Crippen molar-refractivity contribution in [2.45, 2.75) is 16.2 Å². The Morgan fingerprint density at radius 2 is 1.50 bits per heavy atom. The minimum Gasteiger partial charge on any atom is -0.493 e. The molecule has 0 bridgehead atoms. The van der Waals surface area contributed by atoms with Crippen molar-refractivity contribution in [1.82, 2.24) is 0 Å². The lowest BCUT2D eigenvalue weighted by atomic mass is 10.0. The summed E-state index contributed by atoms with van der Waals surface area (Å²) >= 11 is 1.94. The fraction of sp³-hybridized carbons (Fsp3) is 0.182. The molecule has 2 aliphatic rings. The predicted octanol–water partition coefficient (Wildman–Crippen LogP) is 5.74. The fourth-order valence-corrected chi connectivity index (χ4v) is 5.53. The van der Waals surface area contributed by atoms with Crippen molar-refractivity contribution in [3.05, 3.63) is 77.9 Å². The standard InChI is InChI=1S/C22H19NO2S/c1-24-18-12-16-17(13-19(18)25-2)23(14-8-4-3-5-9-14)21-15-10-6-7-11-20(15)26-22(16)21/h3-13,21-22H,1-2H3. The van der Waals surface area contributed by atoms with Crippen molar-refractivity contribution in [1.29, 1.82) is 0 Å². The van der Waals surface area contributed by atoms with Crippen molar-refractivity contribution in [3.8, 4) is 11.5 Å². The van der Waals surface area contributed by atoms with Crippen molar-refractivity contribution in [3.63, 3.8) is 0 Å². The number of thioether (sulfide) groups is 1. The van der Waals surface area contributed by atoms with E-state index >= 15 is 0 Å².